The first-order chi connectivity index (χ1) is 8.19. The number of hydrogen-bond donors (Lipinski definition) is 0. The van der Waals surface area contributed by atoms with Crippen molar-refractivity contribution in [3.8, 4) is 0 Å². The number of esters is 1. The maximum atomic E-state index is 11.6. The Bertz CT molecular complexity index is 354. The van der Waals surface area contributed by atoms with Gasteiger partial charge in [-0.25, -0.2) is 4.79 Å². The van der Waals surface area contributed by atoms with Crippen molar-refractivity contribution in [2.45, 2.75) is 32.0 Å². The highest BCUT2D eigenvalue weighted by molar-refractivity contribution is 5.91. The van der Waals surface area contributed by atoms with Gasteiger partial charge in [0.2, 0.25) is 0 Å². The molecule has 3 rings (SSSR count). The molecular formula is C13H18O4. The highest BCUT2D eigenvalue weighted by atomic mass is 16.7. The molecule has 3 aliphatic rings. The van der Waals surface area contributed by atoms with Crippen molar-refractivity contribution in [3.05, 3.63) is 11.6 Å². The predicted octanol–water partition coefficient (Wildman–Crippen LogP) is 1.65. The summed E-state index contributed by atoms with van der Waals surface area (Å²) < 4.78 is 16.8. The topological polar surface area (TPSA) is 44.8 Å². The standard InChI is InChI=1S/C13H18O4/c1-9-2-3-11-10(8-15-12(11)14)7-13(6-9)16-4-5-17-13/h3,9-10H,2,4-8H2,1H3/b11-3+/t9-,10+/m1/s1. The van der Waals surface area contributed by atoms with Gasteiger partial charge in [-0.15, -0.1) is 0 Å². The van der Waals surface area contributed by atoms with Crippen molar-refractivity contribution in [1.29, 1.82) is 0 Å². The molecule has 2 heterocycles. The number of carbonyl (C=O) groups is 1. The second-order valence-electron chi connectivity index (χ2n) is 5.31. The van der Waals surface area contributed by atoms with Gasteiger partial charge in [0.25, 0.3) is 0 Å². The lowest BCUT2D eigenvalue weighted by Gasteiger charge is -2.33. The second-order valence-corrected chi connectivity index (χ2v) is 5.31. The minimum atomic E-state index is -0.475. The molecule has 0 unspecified atom stereocenters. The van der Waals surface area contributed by atoms with Gasteiger partial charge in [-0.05, 0) is 12.3 Å². The van der Waals surface area contributed by atoms with Gasteiger partial charge in [-0.2, -0.15) is 0 Å². The zero-order valence-electron chi connectivity index (χ0n) is 10.1. The van der Waals surface area contributed by atoms with Gasteiger partial charge in [0, 0.05) is 24.3 Å². The molecule has 2 fully saturated rings. The molecule has 0 aromatic rings. The largest absolute Gasteiger partial charge is 0.462 e. The molecule has 1 spiro atoms. The Hall–Kier alpha value is -0.870. The number of ether oxygens (including phenoxy) is 3. The summed E-state index contributed by atoms with van der Waals surface area (Å²) in [6, 6.07) is 0. The Morgan fingerprint density at radius 1 is 1.29 bits per heavy atom. The zero-order valence-corrected chi connectivity index (χ0v) is 10.1. The summed E-state index contributed by atoms with van der Waals surface area (Å²) in [6.07, 6.45) is 4.60. The fourth-order valence-corrected chi connectivity index (χ4v) is 3.07. The van der Waals surface area contributed by atoms with E-state index in [-0.39, 0.29) is 11.9 Å². The van der Waals surface area contributed by atoms with E-state index in [0.717, 1.165) is 24.8 Å². The first kappa shape index (κ1) is 11.2. The lowest BCUT2D eigenvalue weighted by molar-refractivity contribution is -0.180. The second kappa shape index (κ2) is 4.10. The average molecular weight is 238 g/mol. The number of cyclic esters (lactones) is 1. The third kappa shape index (κ3) is 2.00. The van der Waals surface area contributed by atoms with Crippen LogP contribution in [0.5, 0.6) is 0 Å². The molecule has 4 nitrogen and oxygen atoms in total. The minimum absolute atomic E-state index is 0.146. The molecule has 1 aliphatic carbocycles. The summed E-state index contributed by atoms with van der Waals surface area (Å²) >= 11 is 0. The van der Waals surface area contributed by atoms with Gasteiger partial charge in [0.1, 0.15) is 0 Å². The van der Waals surface area contributed by atoms with Gasteiger partial charge in [-0.3, -0.25) is 0 Å². The quantitative estimate of drug-likeness (QED) is 0.602. The molecule has 2 saturated heterocycles. The molecule has 17 heavy (non-hydrogen) atoms. The van der Waals surface area contributed by atoms with Crippen LogP contribution in [0.2, 0.25) is 0 Å². The van der Waals surface area contributed by atoms with Gasteiger partial charge < -0.3 is 14.2 Å². The Morgan fingerprint density at radius 3 is 2.82 bits per heavy atom. The summed E-state index contributed by atoms with van der Waals surface area (Å²) in [7, 11) is 0. The lowest BCUT2D eigenvalue weighted by atomic mass is 9.84. The van der Waals surface area contributed by atoms with E-state index in [0.29, 0.717) is 25.7 Å². The normalized spacial score (nSPS) is 39.1. The molecule has 94 valence electrons. The van der Waals surface area contributed by atoms with Crippen molar-refractivity contribution < 1.29 is 19.0 Å². The summed E-state index contributed by atoms with van der Waals surface area (Å²) in [5, 5.41) is 0. The van der Waals surface area contributed by atoms with E-state index in [4.69, 9.17) is 14.2 Å². The molecule has 0 aromatic heterocycles. The molecule has 0 aromatic carbocycles. The molecule has 0 N–H and O–H groups in total. The van der Waals surface area contributed by atoms with E-state index < -0.39 is 5.79 Å². The number of hydrogen-bond acceptors (Lipinski definition) is 4. The molecule has 0 bridgehead atoms. The van der Waals surface area contributed by atoms with Crippen LogP contribution in [-0.2, 0) is 19.0 Å². The van der Waals surface area contributed by atoms with Crippen molar-refractivity contribution in [2.24, 2.45) is 11.8 Å². The van der Waals surface area contributed by atoms with Crippen LogP contribution in [-0.4, -0.2) is 31.6 Å². The summed E-state index contributed by atoms with van der Waals surface area (Å²) in [5.41, 5.74) is 0.829. The molecule has 4 heteroatoms. The van der Waals surface area contributed by atoms with E-state index in [1.54, 1.807) is 0 Å². The lowest BCUT2D eigenvalue weighted by Crippen LogP contribution is -2.36. The van der Waals surface area contributed by atoms with Crippen LogP contribution in [0.4, 0.5) is 0 Å². The number of allylic oxidation sites excluding steroid dienone is 1. The van der Waals surface area contributed by atoms with Crippen LogP contribution in [0.15, 0.2) is 11.6 Å². The van der Waals surface area contributed by atoms with E-state index in [9.17, 15) is 4.79 Å². The molecule has 0 saturated carbocycles. The van der Waals surface area contributed by atoms with Gasteiger partial charge in [0.15, 0.2) is 5.79 Å². The fourth-order valence-electron chi connectivity index (χ4n) is 3.07. The Kier molecular flexibility index (Phi) is 2.71. The van der Waals surface area contributed by atoms with Crippen LogP contribution < -0.4 is 0 Å². The Labute approximate surface area is 101 Å². The minimum Gasteiger partial charge on any atom is -0.462 e. The predicted molar refractivity (Wildman–Crippen MR) is 60.2 cm³/mol. The first-order valence-corrected chi connectivity index (χ1v) is 6.34. The zero-order chi connectivity index (χ0) is 11.9. The van der Waals surface area contributed by atoms with Gasteiger partial charge in [-0.1, -0.05) is 13.0 Å². The maximum absolute atomic E-state index is 11.6. The highest BCUT2D eigenvalue weighted by Crippen LogP contribution is 2.40. The fraction of sp³-hybridized carbons (Fsp3) is 0.769. The molecular weight excluding hydrogens is 220 g/mol. The van der Waals surface area contributed by atoms with E-state index in [1.165, 1.54) is 0 Å². The van der Waals surface area contributed by atoms with E-state index in [1.807, 2.05) is 6.08 Å². The van der Waals surface area contributed by atoms with Crippen LogP contribution in [0.1, 0.15) is 26.2 Å². The summed E-state index contributed by atoms with van der Waals surface area (Å²) in [6.45, 7) is 3.97. The van der Waals surface area contributed by atoms with Crippen LogP contribution in [0, 0.1) is 11.8 Å². The van der Waals surface area contributed by atoms with Crippen molar-refractivity contribution in [3.63, 3.8) is 0 Å². The summed E-state index contributed by atoms with van der Waals surface area (Å²) in [5.74, 6) is -0.0160. The third-order valence-electron chi connectivity index (χ3n) is 3.86. The average Bonchev–Trinajstić information content (AvgIpc) is 2.84. The van der Waals surface area contributed by atoms with E-state index in [2.05, 4.69) is 6.92 Å². The van der Waals surface area contributed by atoms with Crippen LogP contribution in [0.3, 0.4) is 0 Å². The Morgan fingerprint density at radius 2 is 2.06 bits per heavy atom. The maximum Gasteiger partial charge on any atom is 0.334 e. The van der Waals surface area contributed by atoms with Crippen LogP contribution >= 0.6 is 0 Å². The number of carbonyl (C=O) groups excluding carboxylic acids is 1. The van der Waals surface area contributed by atoms with Crippen molar-refractivity contribution in [2.75, 3.05) is 19.8 Å². The van der Waals surface area contributed by atoms with Crippen LogP contribution in [0.25, 0.3) is 0 Å². The Balaban J connectivity index is 1.88. The smallest absolute Gasteiger partial charge is 0.334 e. The van der Waals surface area contributed by atoms with Crippen molar-refractivity contribution in [1.82, 2.24) is 0 Å². The first-order valence-electron chi connectivity index (χ1n) is 6.34. The van der Waals surface area contributed by atoms with E-state index >= 15 is 0 Å². The van der Waals surface area contributed by atoms with Gasteiger partial charge in [0.05, 0.1) is 19.8 Å². The monoisotopic (exact) mass is 238 g/mol. The highest BCUT2D eigenvalue weighted by Gasteiger charge is 2.45. The molecule has 0 amide bonds. The molecule has 0 radical (unpaired) electrons. The molecule has 2 atom stereocenters. The number of fused-ring (bicyclic) bond motifs is 1. The third-order valence-corrected chi connectivity index (χ3v) is 3.86. The number of rotatable bonds is 0. The summed E-state index contributed by atoms with van der Waals surface area (Å²) in [4.78, 5) is 11.6. The SMILES string of the molecule is C[C@@H]1C/C=C2/C(=O)OC[C@@H]2CC2(C1)OCCO2. The van der Waals surface area contributed by atoms with Crippen molar-refractivity contribution >= 4 is 5.97 Å². The molecule has 2 aliphatic heterocycles. The van der Waals surface area contributed by atoms with Gasteiger partial charge >= 0.3 is 5.97 Å².